The summed E-state index contributed by atoms with van der Waals surface area (Å²) in [5.74, 6) is 0.932. The Morgan fingerprint density at radius 1 is 1.07 bits per heavy atom. The van der Waals surface area contributed by atoms with E-state index in [1.165, 1.54) is 5.56 Å². The molecule has 7 heteroatoms. The van der Waals surface area contributed by atoms with Crippen LogP contribution in [0.1, 0.15) is 11.1 Å². The summed E-state index contributed by atoms with van der Waals surface area (Å²) < 4.78 is 1.98. The molecule has 0 saturated heterocycles. The quantitative estimate of drug-likeness (QED) is 0.286. The molecule has 2 N–H and O–H groups in total. The van der Waals surface area contributed by atoms with E-state index in [1.54, 1.807) is 28.7 Å². The van der Waals surface area contributed by atoms with Crippen molar-refractivity contribution in [1.29, 1.82) is 0 Å². The number of phenols is 1. The van der Waals surface area contributed by atoms with Crippen molar-refractivity contribution in [1.82, 2.24) is 14.9 Å². The molecule has 0 aliphatic rings. The lowest BCUT2D eigenvalue weighted by molar-refractivity contribution is 0.475. The molecule has 0 aliphatic heterocycles. The number of rotatable bonds is 5. The van der Waals surface area contributed by atoms with Crippen molar-refractivity contribution in [3.8, 4) is 5.75 Å². The van der Waals surface area contributed by atoms with E-state index < -0.39 is 0 Å². The van der Waals surface area contributed by atoms with E-state index >= 15 is 0 Å². The highest BCUT2D eigenvalue weighted by molar-refractivity contribution is 7.98. The molecule has 0 radical (unpaired) electrons. The van der Waals surface area contributed by atoms with Crippen LogP contribution in [0.4, 0.5) is 0 Å². The van der Waals surface area contributed by atoms with Crippen LogP contribution < -0.4 is 0 Å². The molecule has 27 heavy (non-hydrogen) atoms. The van der Waals surface area contributed by atoms with Crippen molar-refractivity contribution in [3.63, 3.8) is 0 Å². The maximum atomic E-state index is 10.3. The molecular weight excluding hydrogens is 376 g/mol. The summed E-state index contributed by atoms with van der Waals surface area (Å²) in [4.78, 5) is 0. The van der Waals surface area contributed by atoms with Gasteiger partial charge in [0.05, 0.1) is 6.21 Å². The second-order valence-corrected chi connectivity index (χ2v) is 7.19. The van der Waals surface area contributed by atoms with Gasteiger partial charge in [-0.2, -0.15) is 9.78 Å². The number of nitrogens with one attached hydrogen (secondary N) is 1. The van der Waals surface area contributed by atoms with Crippen LogP contribution in [-0.4, -0.2) is 26.2 Å². The van der Waals surface area contributed by atoms with Gasteiger partial charge in [0.25, 0.3) is 0 Å². The van der Waals surface area contributed by atoms with Crippen LogP contribution in [0, 0.1) is 4.77 Å². The van der Waals surface area contributed by atoms with E-state index in [0.29, 0.717) is 15.5 Å². The molecule has 4 aromatic rings. The number of thioether (sulfide) groups is 1. The predicted molar refractivity (Wildman–Crippen MR) is 112 cm³/mol. The van der Waals surface area contributed by atoms with Gasteiger partial charge in [-0.05, 0) is 34.6 Å². The second kappa shape index (κ2) is 7.77. The number of phenolic OH excluding ortho intramolecular Hbond substituents is 1. The molecule has 0 aliphatic carbocycles. The lowest BCUT2D eigenvalue weighted by atomic mass is 10.0. The molecule has 0 saturated carbocycles. The first kappa shape index (κ1) is 17.5. The lowest BCUT2D eigenvalue weighted by Crippen LogP contribution is -1.95. The molecule has 1 heterocycles. The largest absolute Gasteiger partial charge is 0.507 e. The van der Waals surface area contributed by atoms with Crippen molar-refractivity contribution < 1.29 is 5.11 Å². The zero-order valence-corrected chi connectivity index (χ0v) is 15.9. The monoisotopic (exact) mass is 392 g/mol. The molecule has 5 nitrogen and oxygen atoms in total. The van der Waals surface area contributed by atoms with Crippen LogP contribution in [0.2, 0.25) is 0 Å². The topological polar surface area (TPSA) is 66.2 Å². The fraction of sp³-hybridized carbons (Fsp3) is 0.0500. The third-order valence-corrected chi connectivity index (χ3v) is 5.35. The van der Waals surface area contributed by atoms with E-state index in [2.05, 4.69) is 27.4 Å². The standard InChI is InChI=1S/C20H16N4OS2/c25-18-11-10-15-8-4-5-9-16(15)17(18)12-21-24-19(26)22-23-20(24)27-13-14-6-2-1-3-7-14/h1-12,25H,13H2,(H,22,26)/b21-12+. The first-order valence-electron chi connectivity index (χ1n) is 8.31. The fourth-order valence-electron chi connectivity index (χ4n) is 2.73. The normalized spacial score (nSPS) is 11.4. The summed E-state index contributed by atoms with van der Waals surface area (Å²) in [6, 6.07) is 21.5. The minimum absolute atomic E-state index is 0.172. The molecule has 3 aromatic carbocycles. The van der Waals surface area contributed by atoms with E-state index in [-0.39, 0.29) is 5.75 Å². The Bertz CT molecular complexity index is 1170. The van der Waals surface area contributed by atoms with Crippen LogP contribution in [-0.2, 0) is 5.75 Å². The van der Waals surface area contributed by atoms with Crippen LogP contribution in [0.5, 0.6) is 5.75 Å². The summed E-state index contributed by atoms with van der Waals surface area (Å²) in [6.07, 6.45) is 1.62. The number of aromatic hydroxyl groups is 1. The zero-order valence-electron chi connectivity index (χ0n) is 14.2. The Labute approximate surface area is 165 Å². The Balaban J connectivity index is 1.65. The molecule has 134 valence electrons. The maximum Gasteiger partial charge on any atom is 0.217 e. The van der Waals surface area contributed by atoms with Gasteiger partial charge >= 0.3 is 0 Å². The predicted octanol–water partition coefficient (Wildman–Crippen LogP) is 4.97. The van der Waals surface area contributed by atoms with Crippen molar-refractivity contribution in [3.05, 3.63) is 82.6 Å². The van der Waals surface area contributed by atoms with Crippen molar-refractivity contribution in [2.45, 2.75) is 10.9 Å². The van der Waals surface area contributed by atoms with Gasteiger partial charge in [-0.15, -0.1) is 5.10 Å². The van der Waals surface area contributed by atoms with E-state index in [1.807, 2.05) is 48.5 Å². The molecule has 0 unspecified atom stereocenters. The van der Waals surface area contributed by atoms with Crippen LogP contribution in [0.25, 0.3) is 10.8 Å². The van der Waals surface area contributed by atoms with Crippen molar-refractivity contribution in [2.75, 3.05) is 0 Å². The zero-order chi connectivity index (χ0) is 18.6. The Morgan fingerprint density at radius 2 is 1.85 bits per heavy atom. The lowest BCUT2D eigenvalue weighted by Gasteiger charge is -2.05. The highest BCUT2D eigenvalue weighted by atomic mass is 32.2. The van der Waals surface area contributed by atoms with Gasteiger partial charge in [0.2, 0.25) is 9.93 Å². The van der Waals surface area contributed by atoms with Crippen LogP contribution >= 0.6 is 24.0 Å². The maximum absolute atomic E-state index is 10.3. The smallest absolute Gasteiger partial charge is 0.217 e. The Kier molecular flexibility index (Phi) is 5.04. The third-order valence-electron chi connectivity index (χ3n) is 4.08. The molecule has 4 rings (SSSR count). The summed E-state index contributed by atoms with van der Waals surface area (Å²) >= 11 is 6.84. The number of benzene rings is 3. The van der Waals surface area contributed by atoms with Gasteiger partial charge in [-0.3, -0.25) is 0 Å². The molecule has 0 fully saturated rings. The fourth-order valence-corrected chi connectivity index (χ4v) is 3.83. The molecular formula is C20H16N4OS2. The number of fused-ring (bicyclic) bond motifs is 1. The molecule has 0 atom stereocenters. The van der Waals surface area contributed by atoms with E-state index in [0.717, 1.165) is 16.5 Å². The average Bonchev–Trinajstić information content (AvgIpc) is 3.06. The van der Waals surface area contributed by atoms with Crippen LogP contribution in [0.3, 0.4) is 0 Å². The second-order valence-electron chi connectivity index (χ2n) is 5.86. The van der Waals surface area contributed by atoms with Gasteiger partial charge in [0.15, 0.2) is 0 Å². The summed E-state index contributed by atoms with van der Waals surface area (Å²) in [7, 11) is 0. The first-order chi connectivity index (χ1) is 13.2. The van der Waals surface area contributed by atoms with Gasteiger partial charge in [0, 0.05) is 11.3 Å². The Morgan fingerprint density at radius 3 is 2.70 bits per heavy atom. The number of hydrogen-bond donors (Lipinski definition) is 2. The van der Waals surface area contributed by atoms with Crippen molar-refractivity contribution in [2.24, 2.45) is 5.10 Å². The first-order valence-corrected chi connectivity index (χ1v) is 9.71. The molecule has 0 amide bonds. The Hall–Kier alpha value is -2.90. The van der Waals surface area contributed by atoms with Gasteiger partial charge in [0.1, 0.15) is 5.75 Å². The molecule has 1 aromatic heterocycles. The minimum atomic E-state index is 0.172. The van der Waals surface area contributed by atoms with Gasteiger partial charge in [-0.25, -0.2) is 5.10 Å². The molecule has 0 bridgehead atoms. The number of aromatic amines is 1. The average molecular weight is 393 g/mol. The summed E-state index contributed by atoms with van der Waals surface area (Å²) in [6.45, 7) is 0. The summed E-state index contributed by atoms with van der Waals surface area (Å²) in [5.41, 5.74) is 1.84. The number of hydrogen-bond acceptors (Lipinski definition) is 5. The third kappa shape index (κ3) is 3.79. The highest BCUT2D eigenvalue weighted by Crippen LogP contribution is 2.26. The number of nitrogens with zero attached hydrogens (tertiary/aromatic N) is 3. The SMILES string of the molecule is Oc1ccc2ccccc2c1/C=N/n1c(SCc2ccccc2)n[nH]c1=S. The van der Waals surface area contributed by atoms with Crippen molar-refractivity contribution >= 4 is 41.0 Å². The van der Waals surface area contributed by atoms with E-state index in [9.17, 15) is 5.11 Å². The summed E-state index contributed by atoms with van der Waals surface area (Å²) in [5, 5.41) is 24.4. The minimum Gasteiger partial charge on any atom is -0.507 e. The molecule has 0 spiro atoms. The number of H-pyrrole nitrogens is 1. The van der Waals surface area contributed by atoms with Gasteiger partial charge < -0.3 is 5.11 Å². The number of aromatic nitrogens is 3. The van der Waals surface area contributed by atoms with Gasteiger partial charge in [-0.1, -0.05) is 72.4 Å². The highest BCUT2D eigenvalue weighted by Gasteiger charge is 2.08. The van der Waals surface area contributed by atoms with Crippen LogP contribution in [0.15, 0.2) is 77.0 Å². The van der Waals surface area contributed by atoms with E-state index in [4.69, 9.17) is 12.2 Å².